The Kier molecular flexibility index (Phi) is 3.50. The molecule has 3 unspecified atom stereocenters. The molecule has 1 saturated carbocycles. The predicted molar refractivity (Wildman–Crippen MR) is 69.1 cm³/mol. The number of nitrogens with zero attached hydrogens (tertiary/aromatic N) is 2. The molecule has 0 aliphatic heterocycles. The van der Waals surface area contributed by atoms with Gasteiger partial charge in [-0.2, -0.15) is 0 Å². The first kappa shape index (κ1) is 12.1. The van der Waals surface area contributed by atoms with Crippen LogP contribution in [0.4, 0.5) is 5.82 Å². The quantitative estimate of drug-likeness (QED) is 0.872. The minimum atomic E-state index is -0.0420. The van der Waals surface area contributed by atoms with E-state index in [1.807, 2.05) is 0 Å². The van der Waals surface area contributed by atoms with Crippen LogP contribution in [0.15, 0.2) is 17.2 Å². The van der Waals surface area contributed by atoms with E-state index in [0.29, 0.717) is 17.8 Å². The van der Waals surface area contributed by atoms with Crippen molar-refractivity contribution in [3.8, 4) is 0 Å². The van der Waals surface area contributed by atoms with E-state index in [1.54, 1.807) is 24.0 Å². The van der Waals surface area contributed by atoms with Crippen LogP contribution in [0.5, 0.6) is 0 Å². The van der Waals surface area contributed by atoms with Crippen molar-refractivity contribution in [2.24, 2.45) is 18.9 Å². The second kappa shape index (κ2) is 4.90. The van der Waals surface area contributed by atoms with E-state index in [9.17, 15) is 4.79 Å². The minimum absolute atomic E-state index is 0.0420. The van der Waals surface area contributed by atoms with Crippen LogP contribution in [0, 0.1) is 11.8 Å². The first-order chi connectivity index (χ1) is 8.13. The molecule has 1 aliphatic rings. The molecule has 1 N–H and O–H groups in total. The third-order valence-electron chi connectivity index (χ3n) is 4.09. The lowest BCUT2D eigenvalue weighted by molar-refractivity contribution is 0.391. The van der Waals surface area contributed by atoms with Crippen molar-refractivity contribution in [2.75, 3.05) is 5.32 Å². The summed E-state index contributed by atoms with van der Waals surface area (Å²) in [6, 6.07) is 0.391. The van der Waals surface area contributed by atoms with Crippen molar-refractivity contribution >= 4 is 5.82 Å². The zero-order valence-electron chi connectivity index (χ0n) is 10.8. The van der Waals surface area contributed by atoms with Gasteiger partial charge in [0.2, 0.25) is 0 Å². The monoisotopic (exact) mass is 235 g/mol. The Morgan fingerprint density at radius 3 is 2.94 bits per heavy atom. The summed E-state index contributed by atoms with van der Waals surface area (Å²) in [5.41, 5.74) is -0.0420. The molecule has 0 bridgehead atoms. The van der Waals surface area contributed by atoms with Gasteiger partial charge in [0.05, 0.1) is 0 Å². The van der Waals surface area contributed by atoms with Gasteiger partial charge in [0.1, 0.15) is 0 Å². The molecule has 1 aliphatic carbocycles. The average Bonchev–Trinajstić information content (AvgIpc) is 2.66. The average molecular weight is 235 g/mol. The molecule has 4 heteroatoms. The van der Waals surface area contributed by atoms with E-state index in [0.717, 1.165) is 12.3 Å². The summed E-state index contributed by atoms with van der Waals surface area (Å²) < 4.78 is 1.56. The van der Waals surface area contributed by atoms with Crippen LogP contribution in [-0.2, 0) is 7.05 Å². The van der Waals surface area contributed by atoms with Gasteiger partial charge in [-0.15, -0.1) is 0 Å². The Bertz CT molecular complexity index is 441. The van der Waals surface area contributed by atoms with Gasteiger partial charge in [-0.25, -0.2) is 4.98 Å². The van der Waals surface area contributed by atoms with Gasteiger partial charge in [-0.1, -0.05) is 20.3 Å². The van der Waals surface area contributed by atoms with Gasteiger partial charge >= 0.3 is 0 Å². The molecule has 17 heavy (non-hydrogen) atoms. The van der Waals surface area contributed by atoms with Crippen LogP contribution < -0.4 is 10.9 Å². The summed E-state index contributed by atoms with van der Waals surface area (Å²) in [5, 5.41) is 3.32. The second-order valence-corrected chi connectivity index (χ2v) is 5.05. The first-order valence-electron chi connectivity index (χ1n) is 6.41. The number of anilines is 1. The molecule has 4 nitrogen and oxygen atoms in total. The van der Waals surface area contributed by atoms with Crippen LogP contribution in [0.1, 0.15) is 33.1 Å². The first-order valence-corrected chi connectivity index (χ1v) is 6.41. The summed E-state index contributed by atoms with van der Waals surface area (Å²) in [6.07, 6.45) is 6.96. The minimum Gasteiger partial charge on any atom is -0.362 e. The fourth-order valence-corrected chi connectivity index (χ4v) is 2.80. The van der Waals surface area contributed by atoms with Crippen molar-refractivity contribution in [3.05, 3.63) is 22.7 Å². The highest BCUT2D eigenvalue weighted by Gasteiger charge is 2.31. The van der Waals surface area contributed by atoms with Gasteiger partial charge in [0.25, 0.3) is 5.56 Å². The van der Waals surface area contributed by atoms with E-state index in [1.165, 1.54) is 12.8 Å². The topological polar surface area (TPSA) is 46.9 Å². The zero-order chi connectivity index (χ0) is 12.4. The third kappa shape index (κ3) is 2.35. The molecule has 1 aromatic rings. The van der Waals surface area contributed by atoms with E-state index < -0.39 is 0 Å². The molecule has 0 spiro atoms. The van der Waals surface area contributed by atoms with Crippen molar-refractivity contribution < 1.29 is 0 Å². The lowest BCUT2D eigenvalue weighted by Crippen LogP contribution is -2.30. The highest BCUT2D eigenvalue weighted by molar-refractivity contribution is 5.32. The molecule has 0 aromatic carbocycles. The molecule has 0 radical (unpaired) electrons. The Labute approximate surface area is 102 Å². The van der Waals surface area contributed by atoms with E-state index in [2.05, 4.69) is 24.1 Å². The highest BCUT2D eigenvalue weighted by Crippen LogP contribution is 2.34. The summed E-state index contributed by atoms with van der Waals surface area (Å²) in [4.78, 5) is 16.0. The van der Waals surface area contributed by atoms with Gasteiger partial charge < -0.3 is 9.88 Å². The van der Waals surface area contributed by atoms with Crippen LogP contribution in [0.25, 0.3) is 0 Å². The predicted octanol–water partition coefficient (Wildman–Crippen LogP) is 2.02. The summed E-state index contributed by atoms with van der Waals surface area (Å²) in [6.45, 7) is 4.51. The molecule has 0 saturated heterocycles. The molecular formula is C13H21N3O. The number of hydrogen-bond donors (Lipinski definition) is 1. The van der Waals surface area contributed by atoms with Gasteiger partial charge in [-0.05, 0) is 24.7 Å². The standard InChI is InChI=1S/C13H21N3O/c1-4-10-5-6-11(9(10)2)15-12-13(17)16(3)8-7-14-12/h7-11H,4-6H2,1-3H3,(H,14,15). The fourth-order valence-electron chi connectivity index (χ4n) is 2.80. The summed E-state index contributed by atoms with van der Waals surface area (Å²) in [7, 11) is 1.75. The Morgan fingerprint density at radius 1 is 1.53 bits per heavy atom. The van der Waals surface area contributed by atoms with E-state index in [4.69, 9.17) is 0 Å². The number of aromatic nitrogens is 2. The van der Waals surface area contributed by atoms with Crippen molar-refractivity contribution in [3.63, 3.8) is 0 Å². The molecular weight excluding hydrogens is 214 g/mol. The largest absolute Gasteiger partial charge is 0.362 e. The highest BCUT2D eigenvalue weighted by atomic mass is 16.1. The zero-order valence-corrected chi connectivity index (χ0v) is 10.8. The Balaban J connectivity index is 2.12. The SMILES string of the molecule is CCC1CCC(Nc2nccn(C)c2=O)C1C. The van der Waals surface area contributed by atoms with E-state index >= 15 is 0 Å². The normalized spacial score (nSPS) is 28.3. The summed E-state index contributed by atoms with van der Waals surface area (Å²) in [5.74, 6) is 1.88. The van der Waals surface area contributed by atoms with Crippen molar-refractivity contribution in [1.82, 2.24) is 9.55 Å². The molecule has 3 atom stereocenters. The maximum Gasteiger partial charge on any atom is 0.293 e. The third-order valence-corrected chi connectivity index (χ3v) is 4.09. The number of hydrogen-bond acceptors (Lipinski definition) is 3. The molecule has 1 heterocycles. The van der Waals surface area contributed by atoms with Crippen molar-refractivity contribution in [1.29, 1.82) is 0 Å². The van der Waals surface area contributed by atoms with Crippen LogP contribution in [0.2, 0.25) is 0 Å². The van der Waals surface area contributed by atoms with Crippen LogP contribution >= 0.6 is 0 Å². The molecule has 1 aromatic heterocycles. The summed E-state index contributed by atoms with van der Waals surface area (Å²) >= 11 is 0. The van der Waals surface area contributed by atoms with Crippen molar-refractivity contribution in [2.45, 2.75) is 39.2 Å². The molecule has 2 rings (SSSR count). The number of nitrogens with one attached hydrogen (secondary N) is 1. The second-order valence-electron chi connectivity index (χ2n) is 5.05. The molecule has 1 fully saturated rings. The van der Waals surface area contributed by atoms with Gasteiger partial charge in [0.15, 0.2) is 5.82 Å². The lowest BCUT2D eigenvalue weighted by atomic mass is 9.93. The van der Waals surface area contributed by atoms with Gasteiger partial charge in [-0.3, -0.25) is 4.79 Å². The number of aryl methyl sites for hydroxylation is 1. The molecule has 94 valence electrons. The maximum absolute atomic E-state index is 11.9. The van der Waals surface area contributed by atoms with Crippen LogP contribution in [0.3, 0.4) is 0 Å². The number of rotatable bonds is 3. The lowest BCUT2D eigenvalue weighted by Gasteiger charge is -2.21. The van der Waals surface area contributed by atoms with Crippen LogP contribution in [-0.4, -0.2) is 15.6 Å². The van der Waals surface area contributed by atoms with E-state index in [-0.39, 0.29) is 5.56 Å². The fraction of sp³-hybridized carbons (Fsp3) is 0.692. The Hall–Kier alpha value is -1.32. The maximum atomic E-state index is 11.9. The van der Waals surface area contributed by atoms with Gasteiger partial charge in [0, 0.05) is 25.5 Å². The Morgan fingerprint density at radius 2 is 2.29 bits per heavy atom. The smallest absolute Gasteiger partial charge is 0.293 e. The molecule has 0 amide bonds.